The van der Waals surface area contributed by atoms with Crippen molar-refractivity contribution in [3.63, 3.8) is 0 Å². The largest absolute Gasteiger partial charge is 0.336 e. The maximum Gasteiger partial charge on any atom is 0.274 e. The van der Waals surface area contributed by atoms with Crippen molar-refractivity contribution in [2.75, 3.05) is 7.05 Å². The quantitative estimate of drug-likeness (QED) is 0.469. The molecule has 4 aromatic rings. The summed E-state index contributed by atoms with van der Waals surface area (Å²) in [5, 5.41) is 3.60. The highest BCUT2D eigenvalue weighted by atomic mass is 16.2. The van der Waals surface area contributed by atoms with Gasteiger partial charge in [-0.25, -0.2) is 4.98 Å². The summed E-state index contributed by atoms with van der Waals surface area (Å²) in [6.45, 7) is 3.22. The Morgan fingerprint density at radius 3 is 2.55 bits per heavy atom. The number of hydrogen-bond acceptors (Lipinski definition) is 4. The smallest absolute Gasteiger partial charge is 0.274 e. The molecule has 0 aliphatic rings. The molecule has 6 heteroatoms. The summed E-state index contributed by atoms with van der Waals surface area (Å²) in [6, 6.07) is 20.0. The number of benzene rings is 1. The number of fused-ring (bicyclic) bond motifs is 1. The maximum absolute atomic E-state index is 13.3. The van der Waals surface area contributed by atoms with Gasteiger partial charge in [-0.05, 0) is 41.8 Å². The van der Waals surface area contributed by atoms with Crippen molar-refractivity contribution in [2.45, 2.75) is 32.5 Å². The van der Waals surface area contributed by atoms with Crippen molar-refractivity contribution in [1.29, 1.82) is 0 Å². The van der Waals surface area contributed by atoms with Crippen LogP contribution in [0.2, 0.25) is 0 Å². The number of amides is 1. The minimum absolute atomic E-state index is 0.0821. The van der Waals surface area contributed by atoms with E-state index in [0.717, 1.165) is 23.3 Å². The van der Waals surface area contributed by atoms with Crippen molar-refractivity contribution in [2.24, 2.45) is 0 Å². The van der Waals surface area contributed by atoms with Gasteiger partial charge in [-0.3, -0.25) is 9.78 Å². The Kier molecular flexibility index (Phi) is 6.38. The number of carbonyl (C=O) groups is 1. The molecule has 1 N–H and O–H groups in total. The third kappa shape index (κ3) is 4.64. The van der Waals surface area contributed by atoms with Gasteiger partial charge in [0.15, 0.2) is 5.69 Å². The van der Waals surface area contributed by atoms with E-state index in [4.69, 9.17) is 0 Å². The molecule has 1 aromatic carbocycles. The van der Waals surface area contributed by atoms with Crippen LogP contribution in [0.3, 0.4) is 0 Å². The van der Waals surface area contributed by atoms with Gasteiger partial charge in [-0.1, -0.05) is 43.3 Å². The van der Waals surface area contributed by atoms with Crippen LogP contribution in [0, 0.1) is 0 Å². The molecule has 158 valence electrons. The Hall–Kier alpha value is -3.51. The summed E-state index contributed by atoms with van der Waals surface area (Å²) in [7, 11) is 1.82. The second-order valence-corrected chi connectivity index (χ2v) is 7.61. The van der Waals surface area contributed by atoms with Gasteiger partial charge in [0.2, 0.25) is 0 Å². The first-order valence-electron chi connectivity index (χ1n) is 10.6. The molecule has 3 heterocycles. The zero-order chi connectivity index (χ0) is 21.6. The zero-order valence-corrected chi connectivity index (χ0v) is 17.9. The average Bonchev–Trinajstić information content (AvgIpc) is 3.19. The molecule has 0 aliphatic carbocycles. The lowest BCUT2D eigenvalue weighted by atomic mass is 10.1. The molecule has 4 rings (SSSR count). The van der Waals surface area contributed by atoms with E-state index in [9.17, 15) is 4.79 Å². The lowest BCUT2D eigenvalue weighted by molar-refractivity contribution is 0.0778. The van der Waals surface area contributed by atoms with Gasteiger partial charge in [-0.2, -0.15) is 0 Å². The highest BCUT2D eigenvalue weighted by Crippen LogP contribution is 2.20. The van der Waals surface area contributed by atoms with E-state index in [1.54, 1.807) is 17.3 Å². The summed E-state index contributed by atoms with van der Waals surface area (Å²) in [6.07, 6.45) is 6.50. The number of nitrogens with one attached hydrogen (secondary N) is 1. The highest BCUT2D eigenvalue weighted by Gasteiger charge is 2.22. The molecule has 6 nitrogen and oxygen atoms in total. The first kappa shape index (κ1) is 20.8. The standard InChI is InChI=1S/C25H27N5O/c1-3-21(20-12-14-26-15-13-20)27-17-22-24(28-23-11-7-8-16-30(22)23)25(31)29(2)18-19-9-5-4-6-10-19/h4-16,21,27H,3,17-18H2,1-2H3/t21-/m0/s1. The van der Waals surface area contributed by atoms with Gasteiger partial charge in [-0.15, -0.1) is 0 Å². The summed E-state index contributed by atoms with van der Waals surface area (Å²) in [5.74, 6) is -0.0821. The second kappa shape index (κ2) is 9.53. The van der Waals surface area contributed by atoms with Crippen molar-refractivity contribution < 1.29 is 4.79 Å². The molecule has 1 atom stereocenters. The van der Waals surface area contributed by atoms with Gasteiger partial charge >= 0.3 is 0 Å². The van der Waals surface area contributed by atoms with Crippen LogP contribution in [-0.2, 0) is 13.1 Å². The van der Waals surface area contributed by atoms with E-state index >= 15 is 0 Å². The van der Waals surface area contributed by atoms with E-state index in [2.05, 4.69) is 22.2 Å². The van der Waals surface area contributed by atoms with E-state index in [-0.39, 0.29) is 11.9 Å². The normalized spacial score (nSPS) is 12.1. The van der Waals surface area contributed by atoms with Crippen LogP contribution in [0.4, 0.5) is 0 Å². The molecule has 0 saturated heterocycles. The third-order valence-corrected chi connectivity index (χ3v) is 5.47. The van der Waals surface area contributed by atoms with Gasteiger partial charge in [0.1, 0.15) is 5.65 Å². The average molecular weight is 414 g/mol. The van der Waals surface area contributed by atoms with Crippen LogP contribution < -0.4 is 5.32 Å². The van der Waals surface area contributed by atoms with Crippen molar-refractivity contribution in [3.05, 3.63) is 102 Å². The number of nitrogens with zero attached hydrogens (tertiary/aromatic N) is 4. The first-order valence-corrected chi connectivity index (χ1v) is 10.6. The fourth-order valence-corrected chi connectivity index (χ4v) is 3.81. The molecule has 0 aliphatic heterocycles. The molecule has 0 saturated carbocycles. The zero-order valence-electron chi connectivity index (χ0n) is 17.9. The van der Waals surface area contributed by atoms with Gasteiger partial charge in [0, 0.05) is 44.8 Å². The summed E-state index contributed by atoms with van der Waals surface area (Å²) < 4.78 is 2.00. The lowest BCUT2D eigenvalue weighted by Crippen LogP contribution is -2.29. The Morgan fingerprint density at radius 1 is 1.06 bits per heavy atom. The topological polar surface area (TPSA) is 62.5 Å². The number of rotatable bonds is 8. The molecular formula is C25H27N5O. The van der Waals surface area contributed by atoms with E-state index < -0.39 is 0 Å². The SMILES string of the molecule is CC[C@H](NCc1c(C(=O)N(C)Cc2ccccc2)nc2ccccn12)c1ccncc1. The second-order valence-electron chi connectivity index (χ2n) is 7.61. The number of hydrogen-bond donors (Lipinski definition) is 1. The highest BCUT2D eigenvalue weighted by molar-refractivity contribution is 5.94. The van der Waals surface area contributed by atoms with Crippen LogP contribution >= 0.6 is 0 Å². The molecule has 0 fully saturated rings. The minimum atomic E-state index is -0.0821. The number of pyridine rings is 2. The Morgan fingerprint density at radius 2 is 1.81 bits per heavy atom. The van der Waals surface area contributed by atoms with E-state index in [1.165, 1.54) is 5.56 Å². The Balaban J connectivity index is 1.60. The van der Waals surface area contributed by atoms with Crippen molar-refractivity contribution in [3.8, 4) is 0 Å². The summed E-state index contributed by atoms with van der Waals surface area (Å²) in [4.78, 5) is 23.8. The van der Waals surface area contributed by atoms with Crippen LogP contribution in [0.5, 0.6) is 0 Å². The van der Waals surface area contributed by atoms with Crippen molar-refractivity contribution >= 4 is 11.6 Å². The number of aromatic nitrogens is 3. The van der Waals surface area contributed by atoms with Crippen LogP contribution in [0.1, 0.15) is 46.7 Å². The van der Waals surface area contributed by atoms with Gasteiger partial charge in [0.05, 0.1) is 5.69 Å². The molecule has 1 amide bonds. The first-order chi connectivity index (χ1) is 15.2. The lowest BCUT2D eigenvalue weighted by Gasteiger charge is -2.19. The Labute approximate surface area is 182 Å². The summed E-state index contributed by atoms with van der Waals surface area (Å²) >= 11 is 0. The predicted molar refractivity (Wildman–Crippen MR) is 122 cm³/mol. The molecule has 0 spiro atoms. The monoisotopic (exact) mass is 413 g/mol. The van der Waals surface area contributed by atoms with E-state index in [0.29, 0.717) is 18.8 Å². The van der Waals surface area contributed by atoms with Crippen molar-refractivity contribution in [1.82, 2.24) is 24.6 Å². The maximum atomic E-state index is 13.3. The molecule has 0 unspecified atom stereocenters. The van der Waals surface area contributed by atoms with E-state index in [1.807, 2.05) is 78.3 Å². The van der Waals surface area contributed by atoms with Gasteiger partial charge in [0.25, 0.3) is 5.91 Å². The molecular weight excluding hydrogens is 386 g/mol. The van der Waals surface area contributed by atoms with Crippen LogP contribution in [-0.4, -0.2) is 32.2 Å². The van der Waals surface area contributed by atoms with Crippen LogP contribution in [0.25, 0.3) is 5.65 Å². The molecule has 3 aromatic heterocycles. The number of carbonyl (C=O) groups excluding carboxylic acids is 1. The number of imidazole rings is 1. The predicted octanol–water partition coefficient (Wildman–Crippen LogP) is 4.24. The summed E-state index contributed by atoms with van der Waals surface area (Å²) in [5.41, 5.74) is 4.40. The fraction of sp³-hybridized carbons (Fsp3) is 0.240. The molecule has 31 heavy (non-hydrogen) atoms. The molecule has 0 bridgehead atoms. The van der Waals surface area contributed by atoms with Crippen LogP contribution in [0.15, 0.2) is 79.3 Å². The van der Waals surface area contributed by atoms with Gasteiger partial charge < -0.3 is 14.6 Å². The third-order valence-electron chi connectivity index (χ3n) is 5.47. The molecule has 0 radical (unpaired) electrons. The fourth-order valence-electron chi connectivity index (χ4n) is 3.81. The Bertz CT molecular complexity index is 1140. The minimum Gasteiger partial charge on any atom is -0.336 e.